The lowest BCUT2D eigenvalue weighted by Crippen LogP contribution is -2.49. The third kappa shape index (κ3) is 5.17. The number of hydrogen-bond donors (Lipinski definition) is 1. The normalized spacial score (nSPS) is 24.0. The van der Waals surface area contributed by atoms with E-state index in [-0.39, 0.29) is 11.6 Å². The maximum atomic E-state index is 12.2. The summed E-state index contributed by atoms with van der Waals surface area (Å²) in [4.78, 5) is 14.0. The number of piperidine rings is 1. The van der Waals surface area contributed by atoms with Crippen LogP contribution < -0.4 is 5.32 Å². The van der Waals surface area contributed by atoms with Gasteiger partial charge in [0.15, 0.2) is 0 Å². The first-order chi connectivity index (χ1) is 9.67. The predicted octanol–water partition coefficient (Wildman–Crippen LogP) is 3.41. The Hall–Kier alpha value is -0.770. The minimum atomic E-state index is -0.407. The molecule has 0 spiro atoms. The van der Waals surface area contributed by atoms with Gasteiger partial charge in [-0.3, -0.25) is 0 Å². The van der Waals surface area contributed by atoms with Crippen LogP contribution in [0, 0.1) is 11.8 Å². The van der Waals surface area contributed by atoms with Crippen LogP contribution in [0.25, 0.3) is 0 Å². The fourth-order valence-electron chi connectivity index (χ4n) is 3.08. The highest BCUT2D eigenvalue weighted by molar-refractivity contribution is 5.68. The van der Waals surface area contributed by atoms with Crippen LogP contribution in [0.4, 0.5) is 4.79 Å². The lowest BCUT2D eigenvalue weighted by molar-refractivity contribution is 0.0163. The molecule has 1 heterocycles. The molecule has 1 saturated heterocycles. The van der Waals surface area contributed by atoms with Crippen molar-refractivity contribution in [3.8, 4) is 0 Å². The minimum Gasteiger partial charge on any atom is -0.444 e. The van der Waals surface area contributed by atoms with Gasteiger partial charge in [-0.25, -0.2) is 4.79 Å². The molecule has 0 aromatic heterocycles. The highest BCUT2D eigenvalue weighted by atomic mass is 16.6. The summed E-state index contributed by atoms with van der Waals surface area (Å²) in [7, 11) is 0. The molecule has 0 aromatic carbocycles. The van der Waals surface area contributed by atoms with E-state index in [1.54, 1.807) is 0 Å². The summed E-state index contributed by atoms with van der Waals surface area (Å²) in [5.41, 5.74) is -0.162. The Morgan fingerprint density at radius 1 is 1.19 bits per heavy atom. The average Bonchev–Trinajstić information content (AvgIpc) is 3.19. The van der Waals surface area contributed by atoms with Crippen LogP contribution in [-0.2, 0) is 4.74 Å². The van der Waals surface area contributed by atoms with Gasteiger partial charge in [0.25, 0.3) is 0 Å². The quantitative estimate of drug-likeness (QED) is 0.864. The number of likely N-dealkylation sites (tertiary alicyclic amines) is 1. The van der Waals surface area contributed by atoms with E-state index in [9.17, 15) is 4.79 Å². The zero-order valence-corrected chi connectivity index (χ0v) is 14.4. The standard InChI is InChI=1S/C17H32N2O2/c1-16(2,3)21-15(20)19-10-6-7-13(12-19)11-18-17(4,5)14-8-9-14/h13-14,18H,6-12H2,1-5H3. The van der Waals surface area contributed by atoms with Crippen LogP contribution in [0.5, 0.6) is 0 Å². The fraction of sp³-hybridized carbons (Fsp3) is 0.941. The maximum absolute atomic E-state index is 12.2. The average molecular weight is 296 g/mol. The van der Waals surface area contributed by atoms with Gasteiger partial charge in [0.1, 0.15) is 5.60 Å². The molecule has 2 fully saturated rings. The van der Waals surface area contributed by atoms with E-state index in [2.05, 4.69) is 19.2 Å². The van der Waals surface area contributed by atoms with Crippen molar-refractivity contribution in [2.45, 2.75) is 71.4 Å². The molecular formula is C17H32N2O2. The summed E-state index contributed by atoms with van der Waals surface area (Å²) in [6.45, 7) is 13.0. The molecule has 0 bridgehead atoms. The summed E-state index contributed by atoms with van der Waals surface area (Å²) in [6, 6.07) is 0. The van der Waals surface area contributed by atoms with E-state index < -0.39 is 5.60 Å². The number of ether oxygens (including phenoxy) is 1. The largest absolute Gasteiger partial charge is 0.444 e. The Kier molecular flexibility index (Phi) is 4.86. The van der Waals surface area contributed by atoms with Crippen LogP contribution in [0.15, 0.2) is 0 Å². The van der Waals surface area contributed by atoms with Crippen LogP contribution in [0.2, 0.25) is 0 Å². The number of nitrogens with one attached hydrogen (secondary N) is 1. The van der Waals surface area contributed by atoms with E-state index >= 15 is 0 Å². The van der Waals surface area contributed by atoms with Crippen molar-refractivity contribution in [1.82, 2.24) is 10.2 Å². The monoisotopic (exact) mass is 296 g/mol. The summed E-state index contributed by atoms with van der Waals surface area (Å²) in [5, 5.41) is 3.72. The highest BCUT2D eigenvalue weighted by Crippen LogP contribution is 2.39. The Balaban J connectivity index is 1.79. The van der Waals surface area contributed by atoms with Gasteiger partial charge in [-0.05, 0) is 72.1 Å². The SMILES string of the molecule is CC(C)(C)OC(=O)N1CCCC(CNC(C)(C)C2CC2)C1. The molecule has 1 amide bonds. The van der Waals surface area contributed by atoms with Crippen LogP contribution >= 0.6 is 0 Å². The Labute approximate surface area is 129 Å². The number of nitrogens with zero attached hydrogens (tertiary/aromatic N) is 1. The molecule has 1 unspecified atom stereocenters. The van der Waals surface area contributed by atoms with Crippen molar-refractivity contribution in [2.24, 2.45) is 11.8 Å². The first kappa shape index (κ1) is 16.6. The lowest BCUT2D eigenvalue weighted by Gasteiger charge is -2.36. The molecule has 4 nitrogen and oxygen atoms in total. The van der Waals surface area contributed by atoms with Gasteiger partial charge in [-0.2, -0.15) is 0 Å². The second kappa shape index (κ2) is 6.15. The third-order valence-electron chi connectivity index (χ3n) is 4.62. The number of amides is 1. The zero-order valence-electron chi connectivity index (χ0n) is 14.4. The van der Waals surface area contributed by atoms with Crippen molar-refractivity contribution < 1.29 is 9.53 Å². The van der Waals surface area contributed by atoms with Crippen molar-refractivity contribution in [2.75, 3.05) is 19.6 Å². The molecular weight excluding hydrogens is 264 g/mol. The second-order valence-corrected chi connectivity index (χ2v) is 8.31. The van der Waals surface area contributed by atoms with Gasteiger partial charge >= 0.3 is 6.09 Å². The number of rotatable bonds is 4. The maximum Gasteiger partial charge on any atom is 0.410 e. The van der Waals surface area contributed by atoms with Crippen LogP contribution in [-0.4, -0.2) is 41.8 Å². The van der Waals surface area contributed by atoms with Gasteiger partial charge in [-0.1, -0.05) is 0 Å². The zero-order chi connectivity index (χ0) is 15.7. The Bertz CT molecular complexity index is 369. The molecule has 0 radical (unpaired) electrons. The molecule has 0 aromatic rings. The first-order valence-corrected chi connectivity index (χ1v) is 8.40. The van der Waals surface area contributed by atoms with E-state index in [0.717, 1.165) is 32.0 Å². The summed E-state index contributed by atoms with van der Waals surface area (Å²) in [5.74, 6) is 1.38. The highest BCUT2D eigenvalue weighted by Gasteiger charge is 2.38. The summed E-state index contributed by atoms with van der Waals surface area (Å²) in [6.07, 6.45) is 4.83. The molecule has 1 N–H and O–H groups in total. The molecule has 1 atom stereocenters. The Morgan fingerprint density at radius 3 is 2.43 bits per heavy atom. The van der Waals surface area contributed by atoms with E-state index in [1.165, 1.54) is 19.3 Å². The molecule has 4 heteroatoms. The molecule has 2 aliphatic rings. The molecule has 1 aliphatic heterocycles. The van der Waals surface area contributed by atoms with Gasteiger partial charge in [0.2, 0.25) is 0 Å². The van der Waals surface area contributed by atoms with E-state index in [0.29, 0.717) is 5.92 Å². The van der Waals surface area contributed by atoms with Gasteiger partial charge in [-0.15, -0.1) is 0 Å². The third-order valence-corrected chi connectivity index (χ3v) is 4.62. The smallest absolute Gasteiger partial charge is 0.410 e. The molecule has 21 heavy (non-hydrogen) atoms. The van der Waals surface area contributed by atoms with Crippen LogP contribution in [0.3, 0.4) is 0 Å². The number of carbonyl (C=O) groups excluding carboxylic acids is 1. The first-order valence-electron chi connectivity index (χ1n) is 8.40. The lowest BCUT2D eigenvalue weighted by atomic mass is 9.94. The molecule has 122 valence electrons. The van der Waals surface area contributed by atoms with Crippen molar-refractivity contribution in [1.29, 1.82) is 0 Å². The topological polar surface area (TPSA) is 41.6 Å². The molecule has 1 aliphatic carbocycles. The summed E-state index contributed by atoms with van der Waals surface area (Å²) >= 11 is 0. The predicted molar refractivity (Wildman–Crippen MR) is 85.3 cm³/mol. The molecule has 1 saturated carbocycles. The Morgan fingerprint density at radius 2 is 1.86 bits per heavy atom. The van der Waals surface area contributed by atoms with Crippen molar-refractivity contribution in [3.63, 3.8) is 0 Å². The van der Waals surface area contributed by atoms with Gasteiger partial charge in [0, 0.05) is 25.2 Å². The fourth-order valence-corrected chi connectivity index (χ4v) is 3.08. The van der Waals surface area contributed by atoms with Crippen LogP contribution in [0.1, 0.15) is 60.3 Å². The number of hydrogen-bond acceptors (Lipinski definition) is 3. The second-order valence-electron chi connectivity index (χ2n) is 8.31. The van der Waals surface area contributed by atoms with E-state index in [1.807, 2.05) is 25.7 Å². The number of carbonyl (C=O) groups is 1. The van der Waals surface area contributed by atoms with E-state index in [4.69, 9.17) is 4.74 Å². The minimum absolute atomic E-state index is 0.159. The van der Waals surface area contributed by atoms with Gasteiger partial charge < -0.3 is 15.0 Å². The van der Waals surface area contributed by atoms with Crippen molar-refractivity contribution in [3.05, 3.63) is 0 Å². The summed E-state index contributed by atoms with van der Waals surface area (Å²) < 4.78 is 5.49. The van der Waals surface area contributed by atoms with Gasteiger partial charge in [0.05, 0.1) is 0 Å². The van der Waals surface area contributed by atoms with Crippen molar-refractivity contribution >= 4 is 6.09 Å². The molecule has 2 rings (SSSR count).